The van der Waals surface area contributed by atoms with Crippen LogP contribution in [-0.4, -0.2) is 18.0 Å². The molecule has 1 N–H and O–H groups in total. The fraction of sp³-hybridized carbons (Fsp3) is 0.750. The number of rotatable bonds is 3. The average Bonchev–Trinajstić information content (AvgIpc) is 1.61. The van der Waals surface area contributed by atoms with Gasteiger partial charge in [-0.3, -0.25) is 0 Å². The van der Waals surface area contributed by atoms with Gasteiger partial charge in [0.1, 0.15) is 6.29 Å². The van der Waals surface area contributed by atoms with Gasteiger partial charge in [0.15, 0.2) is 0 Å². The van der Waals surface area contributed by atoms with Gasteiger partial charge in [-0.2, -0.15) is 0 Å². The number of unbranched alkanes of at least 4 members (excludes halogenated alkanes) is 1. The Morgan fingerprint density at radius 3 is 2.29 bits per heavy atom. The summed E-state index contributed by atoms with van der Waals surface area (Å²) in [5, 5.41) is 8.04. The molecule has 0 spiro atoms. The number of hydrogen-bond donors (Lipinski definition) is 1. The van der Waals surface area contributed by atoms with Gasteiger partial charge in [0.2, 0.25) is 0 Å². The third-order valence-electron chi connectivity index (χ3n) is 0.480. The Hall–Kier alpha value is 0.214. The summed E-state index contributed by atoms with van der Waals surface area (Å²) in [5.41, 5.74) is 0. The Morgan fingerprint density at radius 2 is 2.14 bits per heavy atom. The van der Waals surface area contributed by atoms with Crippen LogP contribution >= 0.6 is 0 Å². The molecule has 7 heavy (non-hydrogen) atoms. The van der Waals surface area contributed by atoms with Gasteiger partial charge >= 0.3 is 0 Å². The third-order valence-corrected chi connectivity index (χ3v) is 0.480. The van der Waals surface area contributed by atoms with Crippen LogP contribution in [0, 0.1) is 0 Å². The van der Waals surface area contributed by atoms with Crippen molar-refractivity contribution < 1.29 is 28.5 Å². The molecule has 0 aliphatic rings. The van der Waals surface area contributed by atoms with Crippen molar-refractivity contribution in [2.45, 2.75) is 12.8 Å². The van der Waals surface area contributed by atoms with E-state index < -0.39 is 0 Å². The standard InChI is InChI=1S/C4H8O2.V/c5-3-1-2-4-6;/h3,6H,1-2,4H2;. The van der Waals surface area contributed by atoms with Crippen molar-refractivity contribution in [2.24, 2.45) is 0 Å². The zero-order chi connectivity index (χ0) is 4.83. The normalized spacial score (nSPS) is 7.00. The van der Waals surface area contributed by atoms with Gasteiger partial charge in [-0.25, -0.2) is 0 Å². The summed E-state index contributed by atoms with van der Waals surface area (Å²) in [7, 11) is 0. The minimum absolute atomic E-state index is 0. The van der Waals surface area contributed by atoms with Crippen molar-refractivity contribution in [3.05, 3.63) is 0 Å². The SMILES string of the molecule is O=CCCCO.[V]. The van der Waals surface area contributed by atoms with E-state index in [0.29, 0.717) is 12.8 Å². The first kappa shape index (κ1) is 10.2. The van der Waals surface area contributed by atoms with Crippen LogP contribution in [0.5, 0.6) is 0 Å². The number of carbonyl (C=O) groups is 1. The second kappa shape index (κ2) is 9.51. The zero-order valence-electron chi connectivity index (χ0n) is 4.00. The van der Waals surface area contributed by atoms with Crippen LogP contribution in [-0.2, 0) is 23.4 Å². The van der Waals surface area contributed by atoms with E-state index in [-0.39, 0.29) is 25.2 Å². The van der Waals surface area contributed by atoms with Gasteiger partial charge in [0.25, 0.3) is 0 Å². The number of carbonyl (C=O) groups excluding carboxylic acids is 1. The predicted molar refractivity (Wildman–Crippen MR) is 22.4 cm³/mol. The molecule has 0 saturated heterocycles. The minimum atomic E-state index is 0. The van der Waals surface area contributed by atoms with Crippen LogP contribution < -0.4 is 0 Å². The monoisotopic (exact) mass is 139 g/mol. The topological polar surface area (TPSA) is 37.3 Å². The van der Waals surface area contributed by atoms with Gasteiger partial charge in [-0.1, -0.05) is 0 Å². The van der Waals surface area contributed by atoms with Gasteiger partial charge in [0, 0.05) is 31.6 Å². The predicted octanol–water partition coefficient (Wildman–Crippen LogP) is -0.0447. The fourth-order valence-electron chi connectivity index (χ4n) is 0.175. The molecule has 0 atom stereocenters. The number of aliphatic hydroxyl groups is 1. The van der Waals surface area contributed by atoms with Gasteiger partial charge < -0.3 is 9.90 Å². The van der Waals surface area contributed by atoms with E-state index in [9.17, 15) is 4.79 Å². The number of hydrogen-bond acceptors (Lipinski definition) is 2. The Balaban J connectivity index is 0. The molecule has 2 nitrogen and oxygen atoms in total. The van der Waals surface area contributed by atoms with Crippen molar-refractivity contribution in [2.75, 3.05) is 6.61 Å². The maximum Gasteiger partial charge on any atom is 0.120 e. The van der Waals surface area contributed by atoms with Crippen LogP contribution in [0.15, 0.2) is 0 Å². The molecule has 0 aliphatic carbocycles. The Morgan fingerprint density at radius 1 is 1.57 bits per heavy atom. The maximum atomic E-state index is 9.45. The summed E-state index contributed by atoms with van der Waals surface area (Å²) in [6.07, 6.45) is 1.89. The molecule has 0 rings (SSSR count). The van der Waals surface area contributed by atoms with E-state index in [0.717, 1.165) is 6.29 Å². The van der Waals surface area contributed by atoms with Gasteiger partial charge in [0.05, 0.1) is 0 Å². The maximum absolute atomic E-state index is 9.45. The summed E-state index contributed by atoms with van der Waals surface area (Å²) in [6.45, 7) is 0.124. The zero-order valence-corrected chi connectivity index (χ0v) is 5.40. The largest absolute Gasteiger partial charge is 0.396 e. The molecule has 0 unspecified atom stereocenters. The van der Waals surface area contributed by atoms with Crippen molar-refractivity contribution in [1.29, 1.82) is 0 Å². The molecule has 3 heteroatoms. The first-order valence-electron chi connectivity index (χ1n) is 1.96. The molecule has 1 radical (unpaired) electrons. The quantitative estimate of drug-likeness (QED) is 0.439. The van der Waals surface area contributed by atoms with Crippen molar-refractivity contribution in [1.82, 2.24) is 0 Å². The van der Waals surface area contributed by atoms with Gasteiger partial charge in [-0.05, 0) is 6.42 Å². The molecule has 0 bridgehead atoms. The first-order valence-corrected chi connectivity index (χ1v) is 1.96. The Kier molecular flexibility index (Phi) is 13.9. The van der Waals surface area contributed by atoms with E-state index >= 15 is 0 Å². The Bertz CT molecular complexity index is 38.7. The average molecular weight is 139 g/mol. The summed E-state index contributed by atoms with van der Waals surface area (Å²) < 4.78 is 0. The molecule has 0 aliphatic heterocycles. The molecular formula is C4H8O2V. The molecule has 0 amide bonds. The first-order chi connectivity index (χ1) is 2.91. The molecule has 0 aromatic heterocycles. The molecule has 0 aromatic rings. The summed E-state index contributed by atoms with van der Waals surface area (Å²) in [6, 6.07) is 0. The summed E-state index contributed by atoms with van der Waals surface area (Å²) in [5.74, 6) is 0. The summed E-state index contributed by atoms with van der Waals surface area (Å²) >= 11 is 0. The van der Waals surface area contributed by atoms with E-state index in [1.807, 2.05) is 0 Å². The van der Waals surface area contributed by atoms with Crippen LogP contribution in [0.25, 0.3) is 0 Å². The molecule has 0 fully saturated rings. The van der Waals surface area contributed by atoms with E-state index in [1.165, 1.54) is 0 Å². The molecule has 0 saturated carbocycles. The molecular weight excluding hydrogens is 131 g/mol. The molecule has 41 valence electrons. The van der Waals surface area contributed by atoms with Crippen molar-refractivity contribution >= 4 is 6.29 Å². The van der Waals surface area contributed by atoms with E-state index in [2.05, 4.69) is 0 Å². The second-order valence-electron chi connectivity index (χ2n) is 1.03. The number of aliphatic hydroxyl groups excluding tert-OH is 1. The van der Waals surface area contributed by atoms with Gasteiger partial charge in [-0.15, -0.1) is 0 Å². The van der Waals surface area contributed by atoms with Crippen molar-refractivity contribution in [3.63, 3.8) is 0 Å². The fourth-order valence-corrected chi connectivity index (χ4v) is 0.175. The van der Waals surface area contributed by atoms with Crippen molar-refractivity contribution in [3.8, 4) is 0 Å². The van der Waals surface area contributed by atoms with E-state index in [4.69, 9.17) is 5.11 Å². The number of aldehydes is 1. The van der Waals surface area contributed by atoms with Crippen LogP contribution in [0.3, 0.4) is 0 Å². The second-order valence-corrected chi connectivity index (χ2v) is 1.03. The molecule has 0 aromatic carbocycles. The third kappa shape index (κ3) is 10.7. The van der Waals surface area contributed by atoms with Crippen LogP contribution in [0.4, 0.5) is 0 Å². The molecule has 0 heterocycles. The van der Waals surface area contributed by atoms with E-state index in [1.54, 1.807) is 0 Å². The Labute approximate surface area is 54.8 Å². The van der Waals surface area contributed by atoms with Crippen LogP contribution in [0.1, 0.15) is 12.8 Å². The smallest absolute Gasteiger partial charge is 0.120 e. The summed E-state index contributed by atoms with van der Waals surface area (Å²) in [4.78, 5) is 9.45. The minimum Gasteiger partial charge on any atom is -0.396 e. The van der Waals surface area contributed by atoms with Crippen LogP contribution in [0.2, 0.25) is 0 Å².